The van der Waals surface area contributed by atoms with Crippen LogP contribution < -0.4 is 4.90 Å². The first-order chi connectivity index (χ1) is 9.08. The van der Waals surface area contributed by atoms with Crippen molar-refractivity contribution in [2.45, 2.75) is 33.2 Å². The zero-order valence-electron chi connectivity index (χ0n) is 11.8. The topological polar surface area (TPSA) is 58.5 Å². The molecule has 0 aliphatic rings. The van der Waals surface area contributed by atoms with Crippen LogP contribution in [0.1, 0.15) is 26.6 Å². The number of hydrogen-bond acceptors (Lipinski definition) is 5. The van der Waals surface area contributed by atoms with Gasteiger partial charge in [0, 0.05) is 25.1 Å². The summed E-state index contributed by atoms with van der Waals surface area (Å²) in [4.78, 5) is 10.8. The van der Waals surface area contributed by atoms with Crippen LogP contribution >= 0.6 is 11.6 Å². The summed E-state index contributed by atoms with van der Waals surface area (Å²) in [5.41, 5.74) is 0. The van der Waals surface area contributed by atoms with Gasteiger partial charge in [-0.15, -0.1) is 0 Å². The van der Waals surface area contributed by atoms with Gasteiger partial charge in [0.2, 0.25) is 0 Å². The number of aliphatic hydroxyl groups is 1. The second kappa shape index (κ2) is 8.30. The maximum Gasteiger partial charge on any atom is 0.134 e. The molecule has 6 heteroatoms. The van der Waals surface area contributed by atoms with E-state index < -0.39 is 0 Å². The fourth-order valence-electron chi connectivity index (χ4n) is 1.72. The standard InChI is InChI=1S/C13H22ClN3O2/c1-4-12-15-11(14)9-13(16-12)17(10(2)3)5-7-19-8-6-18/h9-10,18H,4-8H2,1-3H3. The number of ether oxygens (including phenoxy) is 1. The van der Waals surface area contributed by atoms with Crippen LogP contribution in [0.4, 0.5) is 5.82 Å². The van der Waals surface area contributed by atoms with E-state index in [-0.39, 0.29) is 12.6 Å². The molecule has 1 N–H and O–H groups in total. The molecule has 1 aromatic heterocycles. The summed E-state index contributed by atoms with van der Waals surface area (Å²) in [5, 5.41) is 9.15. The lowest BCUT2D eigenvalue weighted by Crippen LogP contribution is -2.35. The molecule has 0 unspecified atom stereocenters. The summed E-state index contributed by atoms with van der Waals surface area (Å²) in [6.45, 7) is 7.83. The fourth-order valence-corrected chi connectivity index (χ4v) is 1.92. The highest BCUT2D eigenvalue weighted by Gasteiger charge is 2.14. The van der Waals surface area contributed by atoms with Crippen molar-refractivity contribution in [3.63, 3.8) is 0 Å². The van der Waals surface area contributed by atoms with Crippen molar-refractivity contribution in [2.75, 3.05) is 31.3 Å². The first-order valence-electron chi connectivity index (χ1n) is 6.57. The zero-order chi connectivity index (χ0) is 14.3. The number of hydrogen-bond donors (Lipinski definition) is 1. The normalized spacial score (nSPS) is 11.1. The maximum atomic E-state index is 8.69. The van der Waals surface area contributed by atoms with E-state index in [1.54, 1.807) is 6.07 Å². The molecule has 5 nitrogen and oxygen atoms in total. The lowest BCUT2D eigenvalue weighted by Gasteiger charge is -2.28. The molecule has 0 fully saturated rings. The second-order valence-electron chi connectivity index (χ2n) is 4.44. The average molecular weight is 288 g/mol. The largest absolute Gasteiger partial charge is 0.394 e. The molecule has 1 heterocycles. The molecule has 0 spiro atoms. The van der Waals surface area contributed by atoms with Crippen LogP contribution in [0.15, 0.2) is 6.07 Å². The number of aromatic nitrogens is 2. The summed E-state index contributed by atoms with van der Waals surface area (Å²) in [6, 6.07) is 2.06. The molecule has 19 heavy (non-hydrogen) atoms. The molecule has 0 aliphatic carbocycles. The summed E-state index contributed by atoms with van der Waals surface area (Å²) in [5.74, 6) is 1.56. The van der Waals surface area contributed by atoms with Gasteiger partial charge >= 0.3 is 0 Å². The Morgan fingerprint density at radius 3 is 2.68 bits per heavy atom. The summed E-state index contributed by atoms with van der Waals surface area (Å²) in [6.07, 6.45) is 0.751. The molecule has 0 aliphatic heterocycles. The van der Waals surface area contributed by atoms with Crippen molar-refractivity contribution in [2.24, 2.45) is 0 Å². The van der Waals surface area contributed by atoms with Crippen molar-refractivity contribution in [3.05, 3.63) is 17.0 Å². The highest BCUT2D eigenvalue weighted by Crippen LogP contribution is 2.18. The Hall–Kier alpha value is -0.910. The molecule has 0 bridgehead atoms. The van der Waals surface area contributed by atoms with Gasteiger partial charge in [-0.05, 0) is 13.8 Å². The molecule has 0 atom stereocenters. The van der Waals surface area contributed by atoms with Crippen LogP contribution in [0.25, 0.3) is 0 Å². The van der Waals surface area contributed by atoms with Crippen LogP contribution in [0.3, 0.4) is 0 Å². The Bertz CT molecular complexity index is 388. The van der Waals surface area contributed by atoms with Gasteiger partial charge in [0.15, 0.2) is 0 Å². The third-order valence-corrected chi connectivity index (χ3v) is 2.87. The summed E-state index contributed by atoms with van der Waals surface area (Å²) < 4.78 is 5.30. The van der Waals surface area contributed by atoms with Crippen LogP contribution in [0.2, 0.25) is 5.15 Å². The molecule has 0 amide bonds. The Kier molecular flexibility index (Phi) is 7.05. The molecule has 0 saturated heterocycles. The van der Waals surface area contributed by atoms with Gasteiger partial charge in [-0.25, -0.2) is 9.97 Å². The van der Waals surface area contributed by atoms with E-state index in [1.165, 1.54) is 0 Å². The first-order valence-corrected chi connectivity index (χ1v) is 6.95. The molecular formula is C13H22ClN3O2. The van der Waals surface area contributed by atoms with Crippen LogP contribution in [0, 0.1) is 0 Å². The number of anilines is 1. The van der Waals surface area contributed by atoms with E-state index in [2.05, 4.69) is 28.7 Å². The molecule has 1 aromatic rings. The highest BCUT2D eigenvalue weighted by atomic mass is 35.5. The summed E-state index contributed by atoms with van der Waals surface area (Å²) >= 11 is 6.02. The number of aliphatic hydroxyl groups excluding tert-OH is 1. The minimum atomic E-state index is 0.0427. The van der Waals surface area contributed by atoms with Gasteiger partial charge in [-0.1, -0.05) is 18.5 Å². The number of nitrogens with zero attached hydrogens (tertiary/aromatic N) is 3. The van der Waals surface area contributed by atoms with Crippen LogP contribution in [-0.4, -0.2) is 47.5 Å². The van der Waals surface area contributed by atoms with E-state index in [0.29, 0.717) is 24.9 Å². The van der Waals surface area contributed by atoms with Crippen molar-refractivity contribution >= 4 is 17.4 Å². The van der Waals surface area contributed by atoms with E-state index in [9.17, 15) is 0 Å². The predicted octanol–water partition coefficient (Wildman–Crippen LogP) is 1.92. The molecule has 0 radical (unpaired) electrons. The smallest absolute Gasteiger partial charge is 0.134 e. The van der Waals surface area contributed by atoms with E-state index in [0.717, 1.165) is 18.1 Å². The van der Waals surface area contributed by atoms with Crippen molar-refractivity contribution in [3.8, 4) is 0 Å². The lowest BCUT2D eigenvalue weighted by atomic mass is 10.3. The highest BCUT2D eigenvalue weighted by molar-refractivity contribution is 6.29. The molecule has 0 saturated carbocycles. The van der Waals surface area contributed by atoms with Crippen LogP contribution in [-0.2, 0) is 11.2 Å². The number of aryl methyl sites for hydroxylation is 1. The van der Waals surface area contributed by atoms with Crippen molar-refractivity contribution < 1.29 is 9.84 Å². The Morgan fingerprint density at radius 2 is 2.11 bits per heavy atom. The third-order valence-electron chi connectivity index (χ3n) is 2.67. The van der Waals surface area contributed by atoms with Gasteiger partial charge < -0.3 is 14.7 Å². The lowest BCUT2D eigenvalue weighted by molar-refractivity contribution is 0.0960. The maximum absolute atomic E-state index is 8.69. The van der Waals surface area contributed by atoms with Gasteiger partial charge in [0.25, 0.3) is 0 Å². The van der Waals surface area contributed by atoms with Gasteiger partial charge in [0.05, 0.1) is 19.8 Å². The van der Waals surface area contributed by atoms with E-state index >= 15 is 0 Å². The molecule has 1 rings (SSSR count). The van der Waals surface area contributed by atoms with Crippen LogP contribution in [0.5, 0.6) is 0 Å². The minimum absolute atomic E-state index is 0.0427. The van der Waals surface area contributed by atoms with Gasteiger partial charge in [0.1, 0.15) is 16.8 Å². The number of rotatable bonds is 8. The Labute approximate surface area is 119 Å². The second-order valence-corrected chi connectivity index (χ2v) is 4.83. The summed E-state index contributed by atoms with van der Waals surface area (Å²) in [7, 11) is 0. The Morgan fingerprint density at radius 1 is 1.37 bits per heavy atom. The average Bonchev–Trinajstić information content (AvgIpc) is 2.37. The molecule has 0 aromatic carbocycles. The Balaban J connectivity index is 2.77. The van der Waals surface area contributed by atoms with E-state index in [1.807, 2.05) is 6.92 Å². The fraction of sp³-hybridized carbons (Fsp3) is 0.692. The first kappa shape index (κ1) is 16.1. The third kappa shape index (κ3) is 5.30. The monoisotopic (exact) mass is 287 g/mol. The molecular weight excluding hydrogens is 266 g/mol. The SMILES string of the molecule is CCc1nc(Cl)cc(N(CCOCCO)C(C)C)n1. The zero-order valence-corrected chi connectivity index (χ0v) is 12.5. The van der Waals surface area contributed by atoms with Gasteiger partial charge in [-0.2, -0.15) is 0 Å². The predicted molar refractivity (Wildman–Crippen MR) is 76.8 cm³/mol. The molecule has 108 valence electrons. The quantitative estimate of drug-likeness (QED) is 0.585. The van der Waals surface area contributed by atoms with Gasteiger partial charge in [-0.3, -0.25) is 0 Å². The number of halogens is 1. The van der Waals surface area contributed by atoms with E-state index in [4.69, 9.17) is 21.4 Å². The van der Waals surface area contributed by atoms with Crippen molar-refractivity contribution in [1.29, 1.82) is 0 Å². The van der Waals surface area contributed by atoms with Crippen molar-refractivity contribution in [1.82, 2.24) is 9.97 Å². The minimum Gasteiger partial charge on any atom is -0.394 e.